The van der Waals surface area contributed by atoms with Gasteiger partial charge in [-0.3, -0.25) is 0 Å². The summed E-state index contributed by atoms with van der Waals surface area (Å²) in [6.07, 6.45) is 5.32. The number of hydrogen-bond acceptors (Lipinski definition) is 1. The Labute approximate surface area is 106 Å². The first-order valence-corrected chi connectivity index (χ1v) is 7.02. The Morgan fingerprint density at radius 3 is 2.62 bits per heavy atom. The van der Waals surface area contributed by atoms with Gasteiger partial charge in [0, 0.05) is 12.1 Å². The van der Waals surface area contributed by atoms with E-state index < -0.39 is 0 Å². The highest BCUT2D eigenvalue weighted by Gasteiger charge is 2.29. The molecule has 94 valence electrons. The third-order valence-electron chi connectivity index (χ3n) is 3.60. The SMILES string of the molecule is CCC1CCCC(C)C1NC(=S)NC(C)C. The molecule has 3 atom stereocenters. The summed E-state index contributed by atoms with van der Waals surface area (Å²) in [6, 6.07) is 0.983. The van der Waals surface area contributed by atoms with Gasteiger partial charge in [0.05, 0.1) is 0 Å². The highest BCUT2D eigenvalue weighted by Crippen LogP contribution is 2.31. The zero-order valence-corrected chi connectivity index (χ0v) is 11.9. The molecule has 0 aromatic rings. The second-order valence-electron chi connectivity index (χ2n) is 5.37. The molecule has 0 aromatic heterocycles. The van der Waals surface area contributed by atoms with Gasteiger partial charge in [0.2, 0.25) is 0 Å². The molecular formula is C13H26N2S. The van der Waals surface area contributed by atoms with E-state index in [1.165, 1.54) is 25.7 Å². The van der Waals surface area contributed by atoms with Crippen molar-refractivity contribution in [2.45, 2.75) is 65.5 Å². The normalized spacial score (nSPS) is 30.2. The molecule has 1 fully saturated rings. The lowest BCUT2D eigenvalue weighted by molar-refractivity contribution is 0.210. The van der Waals surface area contributed by atoms with Gasteiger partial charge in [0.25, 0.3) is 0 Å². The maximum absolute atomic E-state index is 5.34. The molecule has 0 amide bonds. The summed E-state index contributed by atoms with van der Waals surface area (Å²) in [5, 5.41) is 7.62. The van der Waals surface area contributed by atoms with Crippen LogP contribution in [-0.2, 0) is 0 Å². The Kier molecular flexibility index (Phi) is 5.53. The molecule has 1 aliphatic rings. The van der Waals surface area contributed by atoms with Gasteiger partial charge in [-0.15, -0.1) is 0 Å². The topological polar surface area (TPSA) is 24.1 Å². The van der Waals surface area contributed by atoms with Crippen molar-refractivity contribution in [2.24, 2.45) is 11.8 Å². The number of rotatable bonds is 3. The first-order chi connectivity index (χ1) is 7.54. The first-order valence-electron chi connectivity index (χ1n) is 6.61. The highest BCUT2D eigenvalue weighted by atomic mass is 32.1. The van der Waals surface area contributed by atoms with Crippen molar-refractivity contribution in [2.75, 3.05) is 0 Å². The smallest absolute Gasteiger partial charge is 0.166 e. The zero-order valence-electron chi connectivity index (χ0n) is 11.0. The van der Waals surface area contributed by atoms with Gasteiger partial charge in [-0.25, -0.2) is 0 Å². The van der Waals surface area contributed by atoms with Crippen LogP contribution < -0.4 is 10.6 Å². The highest BCUT2D eigenvalue weighted by molar-refractivity contribution is 7.80. The molecule has 1 rings (SSSR count). The van der Waals surface area contributed by atoms with Crippen LogP contribution in [0.15, 0.2) is 0 Å². The minimum absolute atomic E-state index is 0.416. The molecule has 0 spiro atoms. The van der Waals surface area contributed by atoms with Crippen molar-refractivity contribution >= 4 is 17.3 Å². The van der Waals surface area contributed by atoms with Crippen LogP contribution >= 0.6 is 12.2 Å². The Morgan fingerprint density at radius 1 is 1.38 bits per heavy atom. The van der Waals surface area contributed by atoms with Crippen molar-refractivity contribution in [3.05, 3.63) is 0 Å². The summed E-state index contributed by atoms with van der Waals surface area (Å²) < 4.78 is 0. The van der Waals surface area contributed by atoms with E-state index in [0.717, 1.165) is 16.9 Å². The molecule has 16 heavy (non-hydrogen) atoms. The lowest BCUT2D eigenvalue weighted by Gasteiger charge is -2.37. The van der Waals surface area contributed by atoms with Crippen molar-refractivity contribution in [3.8, 4) is 0 Å². The number of thiocarbonyl (C=S) groups is 1. The van der Waals surface area contributed by atoms with Crippen LogP contribution in [0.4, 0.5) is 0 Å². The van der Waals surface area contributed by atoms with E-state index in [0.29, 0.717) is 12.1 Å². The van der Waals surface area contributed by atoms with Crippen LogP contribution in [0.1, 0.15) is 53.4 Å². The van der Waals surface area contributed by atoms with E-state index >= 15 is 0 Å². The van der Waals surface area contributed by atoms with E-state index in [4.69, 9.17) is 12.2 Å². The summed E-state index contributed by atoms with van der Waals surface area (Å²) in [4.78, 5) is 0. The van der Waals surface area contributed by atoms with E-state index in [1.807, 2.05) is 0 Å². The molecule has 1 saturated carbocycles. The van der Waals surface area contributed by atoms with Crippen molar-refractivity contribution in [1.82, 2.24) is 10.6 Å². The lowest BCUT2D eigenvalue weighted by Crippen LogP contribution is -2.51. The Hall–Kier alpha value is -0.310. The molecule has 2 N–H and O–H groups in total. The van der Waals surface area contributed by atoms with Gasteiger partial charge in [0.1, 0.15) is 0 Å². The monoisotopic (exact) mass is 242 g/mol. The average molecular weight is 242 g/mol. The second-order valence-corrected chi connectivity index (χ2v) is 5.78. The third-order valence-corrected chi connectivity index (χ3v) is 3.83. The lowest BCUT2D eigenvalue weighted by atomic mass is 9.76. The van der Waals surface area contributed by atoms with Crippen molar-refractivity contribution in [3.63, 3.8) is 0 Å². The zero-order chi connectivity index (χ0) is 12.1. The molecule has 0 heterocycles. The Balaban J connectivity index is 2.50. The van der Waals surface area contributed by atoms with Gasteiger partial charge >= 0.3 is 0 Å². The van der Waals surface area contributed by atoms with E-state index in [-0.39, 0.29) is 0 Å². The predicted octanol–water partition coefficient (Wildman–Crippen LogP) is 3.07. The van der Waals surface area contributed by atoms with Crippen LogP contribution in [-0.4, -0.2) is 17.2 Å². The Morgan fingerprint density at radius 2 is 2.06 bits per heavy atom. The molecule has 1 aliphatic carbocycles. The van der Waals surface area contributed by atoms with Gasteiger partial charge < -0.3 is 10.6 Å². The van der Waals surface area contributed by atoms with E-state index in [1.54, 1.807) is 0 Å². The number of hydrogen-bond donors (Lipinski definition) is 2. The summed E-state index contributed by atoms with van der Waals surface area (Å²) in [5.74, 6) is 1.53. The van der Waals surface area contributed by atoms with Crippen LogP contribution in [0, 0.1) is 11.8 Å². The maximum atomic E-state index is 5.34. The van der Waals surface area contributed by atoms with E-state index in [2.05, 4.69) is 38.3 Å². The minimum Gasteiger partial charge on any atom is -0.361 e. The van der Waals surface area contributed by atoms with Gasteiger partial charge in [-0.2, -0.15) is 0 Å². The van der Waals surface area contributed by atoms with Crippen molar-refractivity contribution < 1.29 is 0 Å². The fourth-order valence-electron chi connectivity index (χ4n) is 2.70. The number of nitrogens with one attached hydrogen (secondary N) is 2. The largest absolute Gasteiger partial charge is 0.361 e. The standard InChI is InChI=1S/C13H26N2S/c1-5-11-8-6-7-10(4)12(11)15-13(16)14-9(2)3/h9-12H,5-8H2,1-4H3,(H2,14,15,16). The van der Waals surface area contributed by atoms with Gasteiger partial charge in [-0.05, 0) is 50.7 Å². The molecule has 0 aromatic carbocycles. The maximum Gasteiger partial charge on any atom is 0.166 e. The third kappa shape index (κ3) is 3.93. The predicted molar refractivity (Wildman–Crippen MR) is 74.6 cm³/mol. The van der Waals surface area contributed by atoms with Crippen LogP contribution in [0.25, 0.3) is 0 Å². The van der Waals surface area contributed by atoms with E-state index in [9.17, 15) is 0 Å². The molecule has 0 aliphatic heterocycles. The van der Waals surface area contributed by atoms with Crippen molar-refractivity contribution in [1.29, 1.82) is 0 Å². The van der Waals surface area contributed by atoms with Crippen LogP contribution in [0.5, 0.6) is 0 Å². The molecule has 2 nitrogen and oxygen atoms in total. The van der Waals surface area contributed by atoms with Gasteiger partial charge in [0.15, 0.2) is 5.11 Å². The van der Waals surface area contributed by atoms with Crippen LogP contribution in [0.3, 0.4) is 0 Å². The summed E-state index contributed by atoms with van der Waals surface area (Å²) in [5.41, 5.74) is 0. The minimum atomic E-state index is 0.416. The fourth-order valence-corrected chi connectivity index (χ4v) is 3.07. The summed E-state index contributed by atoms with van der Waals surface area (Å²) in [7, 11) is 0. The Bertz CT molecular complexity index is 228. The molecule has 3 unspecified atom stereocenters. The molecule has 0 bridgehead atoms. The average Bonchev–Trinajstić information content (AvgIpc) is 2.20. The quantitative estimate of drug-likeness (QED) is 0.744. The van der Waals surface area contributed by atoms with Gasteiger partial charge in [-0.1, -0.05) is 26.7 Å². The fraction of sp³-hybridized carbons (Fsp3) is 0.923. The second kappa shape index (κ2) is 6.43. The summed E-state index contributed by atoms with van der Waals surface area (Å²) in [6.45, 7) is 8.87. The van der Waals surface area contributed by atoms with Crippen LogP contribution in [0.2, 0.25) is 0 Å². The first kappa shape index (κ1) is 13.8. The molecule has 0 saturated heterocycles. The molecule has 0 radical (unpaired) electrons. The molecular weight excluding hydrogens is 216 g/mol. The molecule has 3 heteroatoms. The summed E-state index contributed by atoms with van der Waals surface area (Å²) >= 11 is 5.34.